The Kier molecular flexibility index (Phi) is 3.94. The zero-order chi connectivity index (χ0) is 12.1. The van der Waals surface area contributed by atoms with E-state index >= 15 is 0 Å². The van der Waals surface area contributed by atoms with Crippen molar-refractivity contribution in [2.24, 2.45) is 0 Å². The average Bonchev–Trinajstić information content (AvgIpc) is 2.85. The normalized spacial score (nSPS) is 12.6. The number of benzene rings is 1. The summed E-state index contributed by atoms with van der Waals surface area (Å²) in [5, 5.41) is 3.43. The van der Waals surface area contributed by atoms with Gasteiger partial charge in [0.05, 0.1) is 12.5 Å². The standard InChI is InChI=1S/C14H16FNO/c1-2-14(12-3-5-13(15)6-4-12)16-9-11-7-8-17-10-11/h3-8,10,14,16H,2,9H2,1H3. The van der Waals surface area contributed by atoms with E-state index in [1.807, 2.05) is 18.2 Å². The molecule has 0 amide bonds. The molecule has 2 aromatic rings. The highest BCUT2D eigenvalue weighted by molar-refractivity contribution is 5.20. The highest BCUT2D eigenvalue weighted by atomic mass is 19.1. The molecule has 0 spiro atoms. The van der Waals surface area contributed by atoms with E-state index in [0.717, 1.165) is 24.1 Å². The van der Waals surface area contributed by atoms with Gasteiger partial charge >= 0.3 is 0 Å². The quantitative estimate of drug-likeness (QED) is 0.852. The SMILES string of the molecule is CCC(NCc1ccoc1)c1ccc(F)cc1. The summed E-state index contributed by atoms with van der Waals surface area (Å²) in [7, 11) is 0. The van der Waals surface area contributed by atoms with Gasteiger partial charge in [-0.2, -0.15) is 0 Å². The molecule has 1 unspecified atom stereocenters. The van der Waals surface area contributed by atoms with Gasteiger partial charge in [0.25, 0.3) is 0 Å². The van der Waals surface area contributed by atoms with E-state index in [0.29, 0.717) is 0 Å². The fourth-order valence-electron chi connectivity index (χ4n) is 1.83. The van der Waals surface area contributed by atoms with E-state index in [4.69, 9.17) is 4.42 Å². The molecule has 0 aliphatic heterocycles. The first kappa shape index (κ1) is 11.9. The molecule has 1 N–H and O–H groups in total. The zero-order valence-electron chi connectivity index (χ0n) is 9.82. The fraction of sp³-hybridized carbons (Fsp3) is 0.286. The lowest BCUT2D eigenvalue weighted by molar-refractivity contribution is 0.510. The molecule has 1 aromatic heterocycles. The summed E-state index contributed by atoms with van der Waals surface area (Å²) in [5.41, 5.74) is 2.22. The molecule has 17 heavy (non-hydrogen) atoms. The van der Waals surface area contributed by atoms with Crippen molar-refractivity contribution in [2.45, 2.75) is 25.9 Å². The van der Waals surface area contributed by atoms with E-state index in [1.54, 1.807) is 12.5 Å². The Morgan fingerprint density at radius 2 is 2.00 bits per heavy atom. The van der Waals surface area contributed by atoms with Crippen molar-refractivity contribution in [2.75, 3.05) is 0 Å². The van der Waals surface area contributed by atoms with Crippen molar-refractivity contribution in [3.63, 3.8) is 0 Å². The van der Waals surface area contributed by atoms with Gasteiger partial charge < -0.3 is 9.73 Å². The van der Waals surface area contributed by atoms with Crippen LogP contribution >= 0.6 is 0 Å². The molecular formula is C14H16FNO. The minimum atomic E-state index is -0.196. The van der Waals surface area contributed by atoms with Crippen LogP contribution in [0.1, 0.15) is 30.5 Å². The van der Waals surface area contributed by atoms with Crippen LogP contribution in [0.3, 0.4) is 0 Å². The van der Waals surface area contributed by atoms with Crippen molar-refractivity contribution in [3.8, 4) is 0 Å². The second-order valence-corrected chi connectivity index (χ2v) is 4.02. The highest BCUT2D eigenvalue weighted by Crippen LogP contribution is 2.17. The van der Waals surface area contributed by atoms with Gasteiger partial charge in [-0.05, 0) is 30.2 Å². The van der Waals surface area contributed by atoms with Crippen LogP contribution in [0.4, 0.5) is 4.39 Å². The van der Waals surface area contributed by atoms with Crippen molar-refractivity contribution < 1.29 is 8.81 Å². The smallest absolute Gasteiger partial charge is 0.123 e. The van der Waals surface area contributed by atoms with E-state index < -0.39 is 0 Å². The van der Waals surface area contributed by atoms with Crippen LogP contribution in [0.2, 0.25) is 0 Å². The Labute approximate surface area is 100 Å². The maximum absolute atomic E-state index is 12.8. The molecule has 3 heteroatoms. The van der Waals surface area contributed by atoms with Gasteiger partial charge in [-0.3, -0.25) is 0 Å². The molecule has 2 nitrogen and oxygen atoms in total. The summed E-state index contributed by atoms with van der Waals surface area (Å²) in [5.74, 6) is -0.196. The Morgan fingerprint density at radius 3 is 2.59 bits per heavy atom. The summed E-state index contributed by atoms with van der Waals surface area (Å²) < 4.78 is 17.8. The first-order valence-corrected chi connectivity index (χ1v) is 5.79. The first-order valence-electron chi connectivity index (χ1n) is 5.79. The molecule has 0 fully saturated rings. The Balaban J connectivity index is 1.99. The van der Waals surface area contributed by atoms with Gasteiger partial charge in [0.15, 0.2) is 0 Å². The molecule has 0 radical (unpaired) electrons. The molecule has 1 atom stereocenters. The van der Waals surface area contributed by atoms with Crippen LogP contribution in [-0.2, 0) is 6.54 Å². The number of nitrogens with one attached hydrogen (secondary N) is 1. The molecule has 90 valence electrons. The van der Waals surface area contributed by atoms with E-state index in [-0.39, 0.29) is 11.9 Å². The third-order valence-corrected chi connectivity index (χ3v) is 2.81. The van der Waals surface area contributed by atoms with Gasteiger partial charge in [-0.1, -0.05) is 19.1 Å². The highest BCUT2D eigenvalue weighted by Gasteiger charge is 2.08. The maximum atomic E-state index is 12.8. The first-order chi connectivity index (χ1) is 8.29. The van der Waals surface area contributed by atoms with Crippen molar-refractivity contribution in [1.82, 2.24) is 5.32 Å². The molecular weight excluding hydrogens is 217 g/mol. The number of hydrogen-bond donors (Lipinski definition) is 1. The number of hydrogen-bond acceptors (Lipinski definition) is 2. The number of furan rings is 1. The second-order valence-electron chi connectivity index (χ2n) is 4.02. The van der Waals surface area contributed by atoms with Crippen LogP contribution < -0.4 is 5.32 Å². The van der Waals surface area contributed by atoms with Crippen LogP contribution in [0, 0.1) is 5.82 Å². The lowest BCUT2D eigenvalue weighted by Crippen LogP contribution is -2.19. The predicted octanol–water partition coefficient (Wildman–Crippen LogP) is 3.66. The third kappa shape index (κ3) is 3.17. The lowest BCUT2D eigenvalue weighted by Gasteiger charge is -2.16. The lowest BCUT2D eigenvalue weighted by atomic mass is 10.0. The largest absolute Gasteiger partial charge is 0.472 e. The van der Waals surface area contributed by atoms with Gasteiger partial charge in [0.2, 0.25) is 0 Å². The van der Waals surface area contributed by atoms with Crippen molar-refractivity contribution >= 4 is 0 Å². The Morgan fingerprint density at radius 1 is 1.24 bits per heavy atom. The summed E-state index contributed by atoms with van der Waals surface area (Å²) in [6, 6.07) is 8.82. The van der Waals surface area contributed by atoms with Crippen LogP contribution in [0.5, 0.6) is 0 Å². The van der Waals surface area contributed by atoms with Gasteiger partial charge in [0, 0.05) is 18.2 Å². The van der Waals surface area contributed by atoms with Gasteiger partial charge in [-0.15, -0.1) is 0 Å². The fourth-order valence-corrected chi connectivity index (χ4v) is 1.83. The van der Waals surface area contributed by atoms with E-state index in [2.05, 4.69) is 12.2 Å². The zero-order valence-corrected chi connectivity index (χ0v) is 9.82. The average molecular weight is 233 g/mol. The molecule has 0 bridgehead atoms. The number of halogens is 1. The minimum Gasteiger partial charge on any atom is -0.472 e. The molecule has 0 saturated carbocycles. The monoisotopic (exact) mass is 233 g/mol. The summed E-state index contributed by atoms with van der Waals surface area (Å²) >= 11 is 0. The van der Waals surface area contributed by atoms with E-state index in [1.165, 1.54) is 12.1 Å². The Hall–Kier alpha value is -1.61. The molecule has 1 heterocycles. The van der Waals surface area contributed by atoms with Crippen LogP contribution in [-0.4, -0.2) is 0 Å². The molecule has 0 saturated heterocycles. The molecule has 0 aliphatic rings. The second kappa shape index (κ2) is 5.64. The number of rotatable bonds is 5. The minimum absolute atomic E-state index is 0.196. The third-order valence-electron chi connectivity index (χ3n) is 2.81. The van der Waals surface area contributed by atoms with Gasteiger partial charge in [-0.25, -0.2) is 4.39 Å². The van der Waals surface area contributed by atoms with E-state index in [9.17, 15) is 4.39 Å². The Bertz CT molecular complexity index is 436. The molecule has 2 rings (SSSR count). The van der Waals surface area contributed by atoms with Crippen LogP contribution in [0.15, 0.2) is 47.3 Å². The predicted molar refractivity (Wildman–Crippen MR) is 65.0 cm³/mol. The maximum Gasteiger partial charge on any atom is 0.123 e. The summed E-state index contributed by atoms with van der Waals surface area (Å²) in [6.45, 7) is 2.86. The van der Waals surface area contributed by atoms with Crippen LogP contribution in [0.25, 0.3) is 0 Å². The molecule has 1 aromatic carbocycles. The summed E-state index contributed by atoms with van der Waals surface area (Å²) in [6.07, 6.45) is 4.35. The molecule has 0 aliphatic carbocycles. The van der Waals surface area contributed by atoms with Crippen molar-refractivity contribution in [3.05, 3.63) is 59.8 Å². The topological polar surface area (TPSA) is 25.2 Å². The van der Waals surface area contributed by atoms with Crippen molar-refractivity contribution in [1.29, 1.82) is 0 Å². The summed E-state index contributed by atoms with van der Waals surface area (Å²) in [4.78, 5) is 0. The van der Waals surface area contributed by atoms with Gasteiger partial charge in [0.1, 0.15) is 5.82 Å².